The Labute approximate surface area is 86.2 Å². The lowest BCUT2D eigenvalue weighted by Gasteiger charge is -2.17. The van der Waals surface area contributed by atoms with E-state index in [0.29, 0.717) is 12.6 Å². The summed E-state index contributed by atoms with van der Waals surface area (Å²) in [6.07, 6.45) is 5.10. The fourth-order valence-electron chi connectivity index (χ4n) is 1.67. The molecule has 1 unspecified atom stereocenters. The summed E-state index contributed by atoms with van der Waals surface area (Å²) < 4.78 is 0. The van der Waals surface area contributed by atoms with Gasteiger partial charge in [-0.15, -0.1) is 6.58 Å². The molecule has 1 fully saturated rings. The topological polar surface area (TPSA) is 32.3 Å². The summed E-state index contributed by atoms with van der Waals surface area (Å²) in [5.74, 6) is 0.235. The third-order valence-electron chi connectivity index (χ3n) is 2.58. The van der Waals surface area contributed by atoms with E-state index in [-0.39, 0.29) is 5.91 Å². The molecule has 0 aromatic rings. The van der Waals surface area contributed by atoms with Crippen molar-refractivity contribution in [1.29, 1.82) is 0 Å². The van der Waals surface area contributed by atoms with Crippen LogP contribution in [0.2, 0.25) is 0 Å². The summed E-state index contributed by atoms with van der Waals surface area (Å²) in [7, 11) is 0. The van der Waals surface area contributed by atoms with Crippen LogP contribution in [0.3, 0.4) is 0 Å². The van der Waals surface area contributed by atoms with E-state index in [4.69, 9.17) is 0 Å². The summed E-state index contributed by atoms with van der Waals surface area (Å²) in [6.45, 7) is 8.09. The Morgan fingerprint density at radius 2 is 2.21 bits per heavy atom. The van der Waals surface area contributed by atoms with Crippen LogP contribution in [0.1, 0.15) is 26.2 Å². The van der Waals surface area contributed by atoms with Crippen molar-refractivity contribution in [3.63, 3.8) is 0 Å². The molecule has 1 saturated heterocycles. The molecule has 1 aliphatic heterocycles. The number of likely N-dealkylation sites (tertiary alicyclic amines) is 1. The van der Waals surface area contributed by atoms with Gasteiger partial charge in [0.15, 0.2) is 0 Å². The molecule has 0 bridgehead atoms. The van der Waals surface area contributed by atoms with Crippen molar-refractivity contribution in [2.75, 3.05) is 19.6 Å². The monoisotopic (exact) mass is 196 g/mol. The molecule has 1 heterocycles. The van der Waals surface area contributed by atoms with Crippen LogP contribution in [-0.4, -0.2) is 36.5 Å². The number of rotatable bonds is 5. The zero-order valence-electron chi connectivity index (χ0n) is 8.96. The molecule has 0 aromatic carbocycles. The van der Waals surface area contributed by atoms with Crippen molar-refractivity contribution in [2.24, 2.45) is 0 Å². The van der Waals surface area contributed by atoms with E-state index in [1.54, 1.807) is 0 Å². The van der Waals surface area contributed by atoms with E-state index in [0.717, 1.165) is 32.4 Å². The van der Waals surface area contributed by atoms with E-state index in [1.807, 2.05) is 11.0 Å². The molecular formula is C11H20N2O. The molecule has 3 heteroatoms. The van der Waals surface area contributed by atoms with Crippen LogP contribution in [-0.2, 0) is 4.79 Å². The van der Waals surface area contributed by atoms with Crippen LogP contribution in [0.4, 0.5) is 0 Å². The quantitative estimate of drug-likeness (QED) is 0.669. The Kier molecular flexibility index (Phi) is 4.66. The van der Waals surface area contributed by atoms with Gasteiger partial charge in [0, 0.05) is 19.1 Å². The number of carbonyl (C=O) groups is 1. The first-order chi connectivity index (χ1) is 6.74. The average Bonchev–Trinajstić information content (AvgIpc) is 2.67. The lowest BCUT2D eigenvalue weighted by molar-refractivity contribution is -0.129. The first-order valence-corrected chi connectivity index (χ1v) is 5.36. The number of carbonyl (C=O) groups excluding carboxylic acids is 1. The van der Waals surface area contributed by atoms with Gasteiger partial charge in [-0.05, 0) is 26.2 Å². The van der Waals surface area contributed by atoms with Gasteiger partial charge in [0.25, 0.3) is 0 Å². The van der Waals surface area contributed by atoms with Gasteiger partial charge < -0.3 is 10.2 Å². The molecule has 0 saturated carbocycles. The fourth-order valence-corrected chi connectivity index (χ4v) is 1.67. The highest BCUT2D eigenvalue weighted by Gasteiger charge is 2.17. The van der Waals surface area contributed by atoms with E-state index in [9.17, 15) is 4.79 Å². The summed E-state index contributed by atoms with van der Waals surface area (Å²) in [6, 6.07) is 0.346. The predicted molar refractivity (Wildman–Crippen MR) is 58.1 cm³/mol. The van der Waals surface area contributed by atoms with Gasteiger partial charge in [-0.3, -0.25) is 4.79 Å². The summed E-state index contributed by atoms with van der Waals surface area (Å²) in [5, 5.41) is 3.20. The second kappa shape index (κ2) is 5.81. The van der Waals surface area contributed by atoms with Crippen LogP contribution in [0.15, 0.2) is 12.7 Å². The molecule has 1 atom stereocenters. The largest absolute Gasteiger partial charge is 0.342 e. The van der Waals surface area contributed by atoms with Crippen molar-refractivity contribution in [3.8, 4) is 0 Å². The van der Waals surface area contributed by atoms with Gasteiger partial charge in [-0.1, -0.05) is 6.08 Å². The number of hydrogen-bond donors (Lipinski definition) is 1. The maximum atomic E-state index is 11.6. The zero-order valence-corrected chi connectivity index (χ0v) is 8.96. The Bertz CT molecular complexity index is 197. The molecule has 0 aliphatic carbocycles. The molecule has 0 aromatic heterocycles. The summed E-state index contributed by atoms with van der Waals surface area (Å²) in [4.78, 5) is 13.5. The van der Waals surface area contributed by atoms with Crippen LogP contribution in [0.5, 0.6) is 0 Å². The third-order valence-corrected chi connectivity index (χ3v) is 2.58. The minimum atomic E-state index is 0.235. The Hall–Kier alpha value is -0.830. The molecule has 0 radical (unpaired) electrons. The van der Waals surface area contributed by atoms with E-state index in [2.05, 4.69) is 18.8 Å². The van der Waals surface area contributed by atoms with Crippen LogP contribution in [0.25, 0.3) is 0 Å². The SMILES string of the molecule is C=CCC(C)NCC(=O)N1CCCC1. The minimum Gasteiger partial charge on any atom is -0.342 e. The maximum Gasteiger partial charge on any atom is 0.236 e. The lowest BCUT2D eigenvalue weighted by atomic mass is 10.2. The predicted octanol–water partition coefficient (Wildman–Crippen LogP) is 1.16. The van der Waals surface area contributed by atoms with E-state index in [1.165, 1.54) is 0 Å². The first-order valence-electron chi connectivity index (χ1n) is 5.36. The van der Waals surface area contributed by atoms with Gasteiger partial charge >= 0.3 is 0 Å². The lowest BCUT2D eigenvalue weighted by Crippen LogP contribution is -2.39. The number of hydrogen-bond acceptors (Lipinski definition) is 2. The minimum absolute atomic E-state index is 0.235. The van der Waals surface area contributed by atoms with Gasteiger partial charge in [0.05, 0.1) is 6.54 Å². The smallest absolute Gasteiger partial charge is 0.236 e. The van der Waals surface area contributed by atoms with Crippen LogP contribution >= 0.6 is 0 Å². The van der Waals surface area contributed by atoms with Gasteiger partial charge in [-0.25, -0.2) is 0 Å². The molecule has 80 valence electrons. The van der Waals surface area contributed by atoms with Crippen molar-refractivity contribution in [1.82, 2.24) is 10.2 Å². The molecule has 1 aliphatic rings. The molecule has 1 N–H and O–H groups in total. The molecule has 14 heavy (non-hydrogen) atoms. The molecule has 0 spiro atoms. The highest BCUT2D eigenvalue weighted by molar-refractivity contribution is 5.78. The van der Waals surface area contributed by atoms with Crippen molar-refractivity contribution >= 4 is 5.91 Å². The first kappa shape index (κ1) is 11.2. The zero-order chi connectivity index (χ0) is 10.4. The highest BCUT2D eigenvalue weighted by atomic mass is 16.2. The van der Waals surface area contributed by atoms with Crippen molar-refractivity contribution in [3.05, 3.63) is 12.7 Å². The van der Waals surface area contributed by atoms with Crippen molar-refractivity contribution in [2.45, 2.75) is 32.2 Å². The third kappa shape index (κ3) is 3.50. The molecule has 3 nitrogen and oxygen atoms in total. The van der Waals surface area contributed by atoms with Crippen molar-refractivity contribution < 1.29 is 4.79 Å². The molecule has 1 amide bonds. The Balaban J connectivity index is 2.16. The van der Waals surface area contributed by atoms with Gasteiger partial charge in [0.1, 0.15) is 0 Å². The Morgan fingerprint density at radius 1 is 1.57 bits per heavy atom. The highest BCUT2D eigenvalue weighted by Crippen LogP contribution is 2.06. The number of amides is 1. The van der Waals surface area contributed by atoms with Crippen LogP contribution in [0, 0.1) is 0 Å². The van der Waals surface area contributed by atoms with Crippen LogP contribution < -0.4 is 5.32 Å². The molecule has 1 rings (SSSR count). The summed E-state index contributed by atoms with van der Waals surface area (Å²) >= 11 is 0. The second-order valence-electron chi connectivity index (χ2n) is 3.89. The normalized spacial score (nSPS) is 18.2. The molecular weight excluding hydrogens is 176 g/mol. The fraction of sp³-hybridized carbons (Fsp3) is 0.727. The standard InChI is InChI=1S/C11H20N2O/c1-3-6-10(2)12-9-11(14)13-7-4-5-8-13/h3,10,12H,1,4-9H2,2H3. The Morgan fingerprint density at radius 3 is 2.79 bits per heavy atom. The van der Waals surface area contributed by atoms with Gasteiger partial charge in [0.2, 0.25) is 5.91 Å². The summed E-state index contributed by atoms with van der Waals surface area (Å²) in [5.41, 5.74) is 0. The van der Waals surface area contributed by atoms with Gasteiger partial charge in [-0.2, -0.15) is 0 Å². The second-order valence-corrected chi connectivity index (χ2v) is 3.89. The van der Waals surface area contributed by atoms with E-state index >= 15 is 0 Å². The average molecular weight is 196 g/mol. The maximum absolute atomic E-state index is 11.6. The number of nitrogens with one attached hydrogen (secondary N) is 1. The van der Waals surface area contributed by atoms with E-state index < -0.39 is 0 Å². The number of nitrogens with zero attached hydrogens (tertiary/aromatic N) is 1.